The third-order valence-corrected chi connectivity index (χ3v) is 8.11. The third kappa shape index (κ3) is 5.26. The van der Waals surface area contributed by atoms with E-state index in [2.05, 4.69) is 39.8 Å². The van der Waals surface area contributed by atoms with E-state index in [9.17, 15) is 4.79 Å². The lowest BCUT2D eigenvalue weighted by atomic mass is 9.47. The maximum Gasteiger partial charge on any atom is 0.312 e. The number of carbonyl (C=O) groups is 1. The summed E-state index contributed by atoms with van der Waals surface area (Å²) < 4.78 is 16.4. The first-order valence-electron chi connectivity index (χ1n) is 12.2. The van der Waals surface area contributed by atoms with Crippen LogP contribution in [0.5, 0.6) is 0 Å². The van der Waals surface area contributed by atoms with Gasteiger partial charge in [0.1, 0.15) is 6.61 Å². The lowest BCUT2D eigenvalue weighted by molar-refractivity contribution is -0.171. The molecule has 1 fully saturated rings. The van der Waals surface area contributed by atoms with E-state index in [1.807, 2.05) is 0 Å². The second kappa shape index (κ2) is 10.6. The Morgan fingerprint density at radius 2 is 1.84 bits per heavy atom. The Bertz CT molecular complexity index is 681. The predicted molar refractivity (Wildman–Crippen MR) is 122 cm³/mol. The van der Waals surface area contributed by atoms with Crippen molar-refractivity contribution in [2.75, 3.05) is 39.6 Å². The largest absolute Gasteiger partial charge is 0.463 e. The van der Waals surface area contributed by atoms with E-state index in [0.717, 1.165) is 19.3 Å². The summed E-state index contributed by atoms with van der Waals surface area (Å²) >= 11 is 0. The fourth-order valence-corrected chi connectivity index (χ4v) is 6.33. The van der Waals surface area contributed by atoms with Gasteiger partial charge in [0.05, 0.1) is 38.4 Å². The van der Waals surface area contributed by atoms with E-state index in [0.29, 0.717) is 44.2 Å². The molecule has 0 saturated heterocycles. The van der Waals surface area contributed by atoms with Crippen LogP contribution in [0.15, 0.2) is 23.3 Å². The molecule has 0 spiro atoms. The molecule has 3 rings (SSSR count). The van der Waals surface area contributed by atoms with Crippen LogP contribution in [-0.4, -0.2) is 50.7 Å². The van der Waals surface area contributed by atoms with Crippen molar-refractivity contribution >= 4 is 5.97 Å². The summed E-state index contributed by atoms with van der Waals surface area (Å²) in [5, 5.41) is 8.68. The molecule has 31 heavy (non-hydrogen) atoms. The van der Waals surface area contributed by atoms with Crippen LogP contribution in [0.4, 0.5) is 0 Å². The Morgan fingerprint density at radius 3 is 2.55 bits per heavy atom. The van der Waals surface area contributed by atoms with Crippen molar-refractivity contribution in [3.63, 3.8) is 0 Å². The van der Waals surface area contributed by atoms with Gasteiger partial charge in [-0.15, -0.1) is 0 Å². The number of fused-ring (bicyclic) bond motifs is 3. The van der Waals surface area contributed by atoms with Crippen LogP contribution in [0.25, 0.3) is 0 Å². The molecule has 0 radical (unpaired) electrons. The van der Waals surface area contributed by atoms with Crippen LogP contribution in [0, 0.1) is 28.6 Å². The zero-order valence-electron chi connectivity index (χ0n) is 20.0. The van der Waals surface area contributed by atoms with Crippen molar-refractivity contribution in [2.45, 2.75) is 66.2 Å². The molecule has 0 aromatic heterocycles. The average molecular weight is 435 g/mol. The summed E-state index contributed by atoms with van der Waals surface area (Å²) in [6, 6.07) is 0. The van der Waals surface area contributed by atoms with Gasteiger partial charge in [0.25, 0.3) is 0 Å². The second-order valence-corrected chi connectivity index (χ2v) is 10.3. The fraction of sp³-hybridized carbons (Fsp3) is 0.808. The minimum atomic E-state index is -0.429. The Hall–Kier alpha value is -1.17. The standard InChI is InChI=1S/C26H42O5/c1-19(2)20-6-8-22-21(18-20)7-9-23-25(22,3)10-5-11-26(23,4)24(28)31-17-16-30-15-14-29-13-12-27/h7,18-19,22-23,27H,5-6,8-17H2,1-4H3. The number of allylic oxidation sites excluding steroid dienone is 4. The minimum Gasteiger partial charge on any atom is -0.463 e. The molecule has 4 unspecified atom stereocenters. The van der Waals surface area contributed by atoms with E-state index in [-0.39, 0.29) is 24.6 Å². The molecule has 0 aromatic carbocycles. The van der Waals surface area contributed by atoms with Gasteiger partial charge in [-0.2, -0.15) is 0 Å². The van der Waals surface area contributed by atoms with E-state index >= 15 is 0 Å². The van der Waals surface area contributed by atoms with Crippen molar-refractivity contribution in [1.82, 2.24) is 0 Å². The van der Waals surface area contributed by atoms with Crippen LogP contribution in [0.2, 0.25) is 0 Å². The van der Waals surface area contributed by atoms with Crippen LogP contribution >= 0.6 is 0 Å². The number of aliphatic hydroxyl groups excluding tert-OH is 1. The van der Waals surface area contributed by atoms with Crippen molar-refractivity contribution in [1.29, 1.82) is 0 Å². The lowest BCUT2D eigenvalue weighted by Crippen LogP contribution is -2.53. The molecule has 0 amide bonds. The maximum absolute atomic E-state index is 13.2. The molecule has 4 atom stereocenters. The Balaban J connectivity index is 1.60. The fourth-order valence-electron chi connectivity index (χ4n) is 6.33. The molecular weight excluding hydrogens is 392 g/mol. The van der Waals surface area contributed by atoms with Gasteiger partial charge >= 0.3 is 5.97 Å². The number of ether oxygens (including phenoxy) is 3. The molecule has 0 aromatic rings. The number of hydrogen-bond donors (Lipinski definition) is 1. The molecule has 1 N–H and O–H groups in total. The van der Waals surface area contributed by atoms with Gasteiger partial charge in [-0.3, -0.25) is 4.79 Å². The number of carbonyl (C=O) groups excluding carboxylic acids is 1. The van der Waals surface area contributed by atoms with Gasteiger partial charge in [0, 0.05) is 0 Å². The summed E-state index contributed by atoms with van der Waals surface area (Å²) in [6.45, 7) is 11.0. The van der Waals surface area contributed by atoms with Gasteiger partial charge in [0.2, 0.25) is 0 Å². The first-order chi connectivity index (χ1) is 14.8. The van der Waals surface area contributed by atoms with Crippen LogP contribution in [0.1, 0.15) is 66.2 Å². The van der Waals surface area contributed by atoms with Crippen LogP contribution in [0.3, 0.4) is 0 Å². The summed E-state index contributed by atoms with van der Waals surface area (Å²) in [7, 11) is 0. The molecule has 3 aliphatic carbocycles. The SMILES string of the molecule is CC(C)C1=CC2=CCC3C(C)(C(=O)OCCOCCOCCO)CCCC3(C)C2CC1. The van der Waals surface area contributed by atoms with Crippen molar-refractivity contribution < 1.29 is 24.1 Å². The number of esters is 1. The highest BCUT2D eigenvalue weighted by Gasteiger charge is 2.57. The first kappa shape index (κ1) is 24.5. The topological polar surface area (TPSA) is 65.0 Å². The molecule has 176 valence electrons. The highest BCUT2D eigenvalue weighted by molar-refractivity contribution is 5.77. The number of aliphatic hydroxyl groups is 1. The Kier molecular flexibility index (Phi) is 8.39. The van der Waals surface area contributed by atoms with E-state index in [4.69, 9.17) is 19.3 Å². The molecule has 1 saturated carbocycles. The molecule has 3 aliphatic rings. The van der Waals surface area contributed by atoms with Crippen LogP contribution in [-0.2, 0) is 19.0 Å². The van der Waals surface area contributed by atoms with Gasteiger partial charge in [-0.05, 0) is 67.8 Å². The maximum atomic E-state index is 13.2. The quantitative estimate of drug-likeness (QED) is 0.399. The van der Waals surface area contributed by atoms with Gasteiger partial charge in [-0.1, -0.05) is 44.9 Å². The van der Waals surface area contributed by atoms with Gasteiger partial charge in [0.15, 0.2) is 0 Å². The summed E-state index contributed by atoms with van der Waals surface area (Å²) in [4.78, 5) is 13.2. The van der Waals surface area contributed by atoms with Crippen molar-refractivity contribution in [2.24, 2.45) is 28.6 Å². The lowest BCUT2D eigenvalue weighted by Gasteiger charge is -2.57. The third-order valence-electron chi connectivity index (χ3n) is 8.11. The highest BCUT2D eigenvalue weighted by Crippen LogP contribution is 2.62. The number of rotatable bonds is 10. The zero-order valence-corrected chi connectivity index (χ0v) is 20.0. The van der Waals surface area contributed by atoms with Crippen molar-refractivity contribution in [3.05, 3.63) is 23.3 Å². The number of hydrogen-bond acceptors (Lipinski definition) is 5. The van der Waals surface area contributed by atoms with Crippen LogP contribution < -0.4 is 0 Å². The average Bonchev–Trinajstić information content (AvgIpc) is 2.75. The molecule has 5 nitrogen and oxygen atoms in total. The first-order valence-corrected chi connectivity index (χ1v) is 12.2. The summed E-state index contributed by atoms with van der Waals surface area (Å²) in [5.74, 6) is 1.44. The predicted octanol–water partition coefficient (Wildman–Crippen LogP) is 4.69. The summed E-state index contributed by atoms with van der Waals surface area (Å²) in [5.41, 5.74) is 2.82. The summed E-state index contributed by atoms with van der Waals surface area (Å²) in [6.07, 6.45) is 11.4. The zero-order chi connectivity index (χ0) is 22.5. The Labute approximate surface area is 188 Å². The smallest absolute Gasteiger partial charge is 0.312 e. The molecule has 0 bridgehead atoms. The highest BCUT2D eigenvalue weighted by atomic mass is 16.6. The van der Waals surface area contributed by atoms with Gasteiger partial charge < -0.3 is 19.3 Å². The minimum absolute atomic E-state index is 0.0169. The van der Waals surface area contributed by atoms with E-state index in [1.54, 1.807) is 5.57 Å². The second-order valence-electron chi connectivity index (χ2n) is 10.3. The molecule has 0 aliphatic heterocycles. The van der Waals surface area contributed by atoms with Crippen molar-refractivity contribution in [3.8, 4) is 0 Å². The molecule has 5 heteroatoms. The van der Waals surface area contributed by atoms with E-state index < -0.39 is 5.41 Å². The molecule has 0 heterocycles. The monoisotopic (exact) mass is 434 g/mol. The van der Waals surface area contributed by atoms with Gasteiger partial charge in [-0.25, -0.2) is 0 Å². The Morgan fingerprint density at radius 1 is 1.13 bits per heavy atom. The van der Waals surface area contributed by atoms with E-state index in [1.165, 1.54) is 24.8 Å². The molecular formula is C26H42O5. The normalized spacial score (nSPS) is 32.7.